The molecule has 1 amide bonds. The highest BCUT2D eigenvalue weighted by molar-refractivity contribution is 5.67. The predicted molar refractivity (Wildman–Crippen MR) is 84.9 cm³/mol. The number of carbonyl (C=O) groups is 1. The molecule has 1 aromatic carbocycles. The van der Waals surface area contributed by atoms with Crippen LogP contribution in [0.25, 0.3) is 0 Å². The van der Waals surface area contributed by atoms with E-state index in [9.17, 15) is 4.79 Å². The topological polar surface area (TPSA) is 59.6 Å². The lowest BCUT2D eigenvalue weighted by molar-refractivity contribution is 0.0520. The molecule has 0 saturated heterocycles. The molecule has 2 N–H and O–H groups in total. The summed E-state index contributed by atoms with van der Waals surface area (Å²) in [7, 11) is 0. The van der Waals surface area contributed by atoms with E-state index in [2.05, 4.69) is 24.5 Å². The second kappa shape index (κ2) is 7.76. The Kier molecular flexibility index (Phi) is 6.34. The smallest absolute Gasteiger partial charge is 0.407 e. The van der Waals surface area contributed by atoms with Crippen molar-refractivity contribution in [1.82, 2.24) is 5.32 Å². The van der Waals surface area contributed by atoms with Gasteiger partial charge in [0.15, 0.2) is 0 Å². The first kappa shape index (κ1) is 17.1. The van der Waals surface area contributed by atoms with Gasteiger partial charge in [0.25, 0.3) is 0 Å². The zero-order valence-electron chi connectivity index (χ0n) is 13.5. The monoisotopic (exact) mass is 294 g/mol. The Morgan fingerprint density at radius 3 is 2.62 bits per heavy atom. The van der Waals surface area contributed by atoms with Crippen molar-refractivity contribution in [2.75, 3.05) is 18.5 Å². The number of hydrogen-bond donors (Lipinski definition) is 2. The molecular weight excluding hydrogens is 268 g/mol. The number of rotatable bonds is 6. The molecule has 1 rings (SSSR count). The van der Waals surface area contributed by atoms with Crippen molar-refractivity contribution in [3.63, 3.8) is 0 Å². The van der Waals surface area contributed by atoms with Crippen LogP contribution in [0.4, 0.5) is 10.5 Å². The number of carbonyl (C=O) groups excluding carboxylic acids is 1. The summed E-state index contributed by atoms with van der Waals surface area (Å²) in [5.74, 6) is 0.770. The van der Waals surface area contributed by atoms with Crippen molar-refractivity contribution in [2.45, 2.75) is 46.3 Å². The molecule has 21 heavy (non-hydrogen) atoms. The highest BCUT2D eigenvalue weighted by atomic mass is 16.6. The Morgan fingerprint density at radius 1 is 1.29 bits per heavy atom. The zero-order chi connectivity index (χ0) is 15.9. The fourth-order valence-corrected chi connectivity index (χ4v) is 1.65. The molecule has 5 heteroatoms. The highest BCUT2D eigenvalue weighted by Crippen LogP contribution is 2.17. The van der Waals surface area contributed by atoms with Crippen LogP contribution in [0.15, 0.2) is 24.3 Å². The molecule has 0 bridgehead atoms. The van der Waals surface area contributed by atoms with Crippen LogP contribution in [-0.4, -0.2) is 30.9 Å². The van der Waals surface area contributed by atoms with E-state index in [1.165, 1.54) is 0 Å². The number of alkyl carbamates (subject to hydrolysis) is 1. The van der Waals surface area contributed by atoms with E-state index in [0.717, 1.165) is 11.4 Å². The lowest BCUT2D eigenvalue weighted by Gasteiger charge is -2.19. The maximum absolute atomic E-state index is 11.4. The molecule has 0 radical (unpaired) electrons. The molecular formula is C16H26N2O3. The fraction of sp³-hybridized carbons (Fsp3) is 0.562. The third-order valence-electron chi connectivity index (χ3n) is 2.33. The lowest BCUT2D eigenvalue weighted by atomic mass is 10.2. The number of nitrogens with one attached hydrogen (secondary N) is 2. The second-order valence-corrected chi connectivity index (χ2v) is 6.10. The Balaban J connectivity index is 2.31. The average Bonchev–Trinajstić information content (AvgIpc) is 2.32. The van der Waals surface area contributed by atoms with Crippen LogP contribution < -0.4 is 15.4 Å². The van der Waals surface area contributed by atoms with Gasteiger partial charge in [0.05, 0.1) is 6.54 Å². The minimum atomic E-state index is -0.484. The summed E-state index contributed by atoms with van der Waals surface area (Å²) in [6.45, 7) is 10.4. The Bertz CT molecular complexity index is 453. The third kappa shape index (κ3) is 8.07. The molecule has 5 nitrogen and oxygen atoms in total. The summed E-state index contributed by atoms with van der Waals surface area (Å²) >= 11 is 0. The normalized spacial score (nSPS) is 11.1. The minimum Gasteiger partial charge on any atom is -0.492 e. The van der Waals surface area contributed by atoms with Gasteiger partial charge >= 0.3 is 6.09 Å². The first-order valence-electron chi connectivity index (χ1n) is 7.22. The van der Waals surface area contributed by atoms with E-state index in [1.807, 2.05) is 45.0 Å². The molecule has 0 fully saturated rings. The molecule has 0 saturated carbocycles. The Hall–Kier alpha value is -1.91. The van der Waals surface area contributed by atoms with Crippen LogP contribution in [0, 0.1) is 0 Å². The molecule has 0 unspecified atom stereocenters. The summed E-state index contributed by atoms with van der Waals surface area (Å²) in [6, 6.07) is 8.12. The maximum atomic E-state index is 11.4. The van der Waals surface area contributed by atoms with E-state index >= 15 is 0 Å². The summed E-state index contributed by atoms with van der Waals surface area (Å²) < 4.78 is 10.7. The third-order valence-corrected chi connectivity index (χ3v) is 2.33. The average molecular weight is 294 g/mol. The Labute approximate surface area is 127 Å². The number of anilines is 1. The van der Waals surface area contributed by atoms with Crippen molar-refractivity contribution >= 4 is 11.8 Å². The van der Waals surface area contributed by atoms with Gasteiger partial charge in [-0.2, -0.15) is 0 Å². The quantitative estimate of drug-likeness (QED) is 0.789. The van der Waals surface area contributed by atoms with E-state index in [0.29, 0.717) is 19.2 Å². The van der Waals surface area contributed by atoms with Gasteiger partial charge in [-0.05, 0) is 46.8 Å². The van der Waals surface area contributed by atoms with Gasteiger partial charge in [-0.3, -0.25) is 0 Å². The molecule has 0 atom stereocenters. The van der Waals surface area contributed by atoms with Gasteiger partial charge in [-0.1, -0.05) is 6.07 Å². The minimum absolute atomic E-state index is 0.370. The van der Waals surface area contributed by atoms with Crippen LogP contribution in [0.2, 0.25) is 0 Å². The summed E-state index contributed by atoms with van der Waals surface area (Å²) in [4.78, 5) is 11.4. The molecule has 0 aromatic heterocycles. The Morgan fingerprint density at radius 2 is 2.00 bits per heavy atom. The van der Waals surface area contributed by atoms with Gasteiger partial charge in [0.2, 0.25) is 0 Å². The second-order valence-electron chi connectivity index (χ2n) is 6.10. The molecule has 0 spiro atoms. The molecule has 0 heterocycles. The summed E-state index contributed by atoms with van der Waals surface area (Å²) in [5, 5.41) is 5.96. The summed E-state index contributed by atoms with van der Waals surface area (Å²) in [5.41, 5.74) is 0.532. The van der Waals surface area contributed by atoms with Gasteiger partial charge in [0, 0.05) is 17.8 Å². The highest BCUT2D eigenvalue weighted by Gasteiger charge is 2.15. The summed E-state index contributed by atoms with van der Waals surface area (Å²) in [6.07, 6.45) is -0.429. The predicted octanol–water partition coefficient (Wildman–Crippen LogP) is 3.41. The first-order chi connectivity index (χ1) is 9.76. The number of hydrogen-bond acceptors (Lipinski definition) is 4. The van der Waals surface area contributed by atoms with Crippen LogP contribution >= 0.6 is 0 Å². The van der Waals surface area contributed by atoms with E-state index < -0.39 is 11.7 Å². The van der Waals surface area contributed by atoms with Crippen molar-refractivity contribution in [3.05, 3.63) is 24.3 Å². The van der Waals surface area contributed by atoms with Crippen molar-refractivity contribution in [1.29, 1.82) is 0 Å². The first-order valence-corrected chi connectivity index (χ1v) is 7.22. The van der Waals surface area contributed by atoms with Gasteiger partial charge in [-0.25, -0.2) is 4.79 Å². The SMILES string of the molecule is CC(C)Nc1cccc(OCCNC(=O)OC(C)(C)C)c1. The van der Waals surface area contributed by atoms with Gasteiger partial charge < -0.3 is 20.1 Å². The van der Waals surface area contributed by atoms with Crippen LogP contribution in [0.1, 0.15) is 34.6 Å². The van der Waals surface area contributed by atoms with Crippen molar-refractivity contribution in [3.8, 4) is 5.75 Å². The van der Waals surface area contributed by atoms with Crippen molar-refractivity contribution in [2.24, 2.45) is 0 Å². The number of ether oxygens (including phenoxy) is 2. The zero-order valence-corrected chi connectivity index (χ0v) is 13.5. The fourth-order valence-electron chi connectivity index (χ4n) is 1.65. The molecule has 118 valence electrons. The van der Waals surface area contributed by atoms with Gasteiger partial charge in [0.1, 0.15) is 18.0 Å². The van der Waals surface area contributed by atoms with E-state index in [-0.39, 0.29) is 0 Å². The van der Waals surface area contributed by atoms with E-state index in [4.69, 9.17) is 9.47 Å². The standard InChI is InChI=1S/C16H26N2O3/c1-12(2)18-13-7-6-8-14(11-13)20-10-9-17-15(19)21-16(3,4)5/h6-8,11-12,18H,9-10H2,1-5H3,(H,17,19). The van der Waals surface area contributed by atoms with Crippen molar-refractivity contribution < 1.29 is 14.3 Å². The van der Waals surface area contributed by atoms with E-state index in [1.54, 1.807) is 0 Å². The molecule has 1 aromatic rings. The van der Waals surface area contributed by atoms with Crippen LogP contribution in [0.3, 0.4) is 0 Å². The molecule has 0 aliphatic heterocycles. The molecule has 0 aliphatic rings. The molecule has 0 aliphatic carbocycles. The van der Waals surface area contributed by atoms with Crippen LogP contribution in [0.5, 0.6) is 5.75 Å². The van der Waals surface area contributed by atoms with Gasteiger partial charge in [-0.15, -0.1) is 0 Å². The maximum Gasteiger partial charge on any atom is 0.407 e. The number of amides is 1. The van der Waals surface area contributed by atoms with Crippen LogP contribution in [-0.2, 0) is 4.74 Å². The lowest BCUT2D eigenvalue weighted by Crippen LogP contribution is -2.34. The largest absolute Gasteiger partial charge is 0.492 e. The number of benzene rings is 1.